The number of hydrogen-bond donors (Lipinski definition) is 2. The molecule has 0 unspecified atom stereocenters. The van der Waals surface area contributed by atoms with Gasteiger partial charge in [-0.3, -0.25) is 14.4 Å². The molecule has 1 fully saturated rings. The smallest absolute Gasteiger partial charge is 0.248 e. The zero-order valence-electron chi connectivity index (χ0n) is 19.5. The van der Waals surface area contributed by atoms with Crippen LogP contribution in [0.3, 0.4) is 0 Å². The van der Waals surface area contributed by atoms with Crippen LogP contribution in [0.1, 0.15) is 29.4 Å². The van der Waals surface area contributed by atoms with E-state index in [1.807, 2.05) is 24.6 Å². The molecule has 10 heteroatoms. The number of carbonyl (C=O) groups excluding carboxylic acids is 1. The molecular weight excluding hydrogens is 434 g/mol. The van der Waals surface area contributed by atoms with Crippen LogP contribution in [-0.4, -0.2) is 75.0 Å². The first kappa shape index (κ1) is 22.3. The lowest BCUT2D eigenvalue weighted by Gasteiger charge is -2.26. The highest BCUT2D eigenvalue weighted by molar-refractivity contribution is 6.11. The van der Waals surface area contributed by atoms with Gasteiger partial charge in [-0.25, -0.2) is 9.97 Å². The Bertz CT molecular complexity index is 1340. The Morgan fingerprint density at radius 3 is 2.82 bits per heavy atom. The molecule has 10 nitrogen and oxygen atoms in total. The van der Waals surface area contributed by atoms with Gasteiger partial charge in [0.2, 0.25) is 5.91 Å². The summed E-state index contributed by atoms with van der Waals surface area (Å²) in [4.78, 5) is 27.1. The van der Waals surface area contributed by atoms with Gasteiger partial charge in [0.25, 0.3) is 0 Å². The number of nitrogens with two attached hydrogens (primary N) is 1. The topological polar surface area (TPSA) is 124 Å². The molecule has 0 saturated carbocycles. The Hall–Kier alpha value is -3.50. The normalized spacial score (nSPS) is 14.8. The molecule has 1 aliphatic rings. The van der Waals surface area contributed by atoms with Crippen LogP contribution in [0.2, 0.25) is 0 Å². The zero-order valence-corrected chi connectivity index (χ0v) is 19.5. The van der Waals surface area contributed by atoms with Crippen molar-refractivity contribution in [3.05, 3.63) is 35.7 Å². The highest BCUT2D eigenvalue weighted by Gasteiger charge is 2.17. The summed E-state index contributed by atoms with van der Waals surface area (Å²) < 4.78 is 13.4. The van der Waals surface area contributed by atoms with Gasteiger partial charge in [-0.05, 0) is 38.5 Å². The number of nitrogens with one attached hydrogen (secondary N) is 1. The predicted molar refractivity (Wildman–Crippen MR) is 129 cm³/mol. The lowest BCUT2D eigenvalue weighted by molar-refractivity contribution is 0.0358. The number of nitrogens with zero attached hydrogens (tertiary/aromatic N) is 5. The van der Waals surface area contributed by atoms with Crippen molar-refractivity contribution in [1.29, 1.82) is 0 Å². The van der Waals surface area contributed by atoms with E-state index < -0.39 is 5.91 Å². The van der Waals surface area contributed by atoms with E-state index in [9.17, 15) is 4.79 Å². The Morgan fingerprint density at radius 1 is 1.24 bits per heavy atom. The van der Waals surface area contributed by atoms with Gasteiger partial charge in [-0.15, -0.1) is 0 Å². The maximum absolute atomic E-state index is 12.0. The number of carbonyl (C=O) groups is 1. The van der Waals surface area contributed by atoms with Gasteiger partial charge in [0, 0.05) is 48.7 Å². The molecule has 4 aromatic rings. The molecule has 0 spiro atoms. The number of H-pyrrole nitrogens is 1. The summed E-state index contributed by atoms with van der Waals surface area (Å²) in [6.07, 6.45) is 2.64. The average molecular weight is 464 g/mol. The monoisotopic (exact) mass is 463 g/mol. The maximum atomic E-state index is 12.0. The highest BCUT2D eigenvalue weighted by Crippen LogP contribution is 2.33. The van der Waals surface area contributed by atoms with E-state index in [1.165, 1.54) is 0 Å². The third-order valence-corrected chi connectivity index (χ3v) is 6.12. The number of primary amides is 1. The second-order valence-corrected chi connectivity index (χ2v) is 8.48. The van der Waals surface area contributed by atoms with E-state index in [0.717, 1.165) is 73.5 Å². The fourth-order valence-electron chi connectivity index (χ4n) is 4.39. The molecule has 1 aliphatic heterocycles. The Balaban J connectivity index is 1.46. The SMILES string of the molecule is CCn1nc(C)cc1-c1ncc2c(n1)[nH]c1c(OCCCN3CCOCC3)cc(C(N)=O)cc12. The molecule has 0 radical (unpaired) electrons. The van der Waals surface area contributed by atoms with Crippen molar-refractivity contribution >= 4 is 27.8 Å². The number of aryl methyl sites for hydroxylation is 2. The van der Waals surface area contributed by atoms with Crippen LogP contribution in [0.5, 0.6) is 5.75 Å². The number of fused-ring (bicyclic) bond motifs is 3. The molecule has 3 aromatic heterocycles. The summed E-state index contributed by atoms with van der Waals surface area (Å²) in [7, 11) is 0. The van der Waals surface area contributed by atoms with E-state index in [-0.39, 0.29) is 0 Å². The van der Waals surface area contributed by atoms with Gasteiger partial charge in [-0.1, -0.05) is 0 Å². The van der Waals surface area contributed by atoms with Crippen LogP contribution < -0.4 is 10.5 Å². The summed E-state index contributed by atoms with van der Waals surface area (Å²) >= 11 is 0. The number of ether oxygens (including phenoxy) is 2. The van der Waals surface area contributed by atoms with Crippen molar-refractivity contribution in [3.8, 4) is 17.3 Å². The van der Waals surface area contributed by atoms with Crippen LogP contribution >= 0.6 is 0 Å². The Morgan fingerprint density at radius 2 is 2.06 bits per heavy atom. The van der Waals surface area contributed by atoms with E-state index in [4.69, 9.17) is 20.2 Å². The average Bonchev–Trinajstić information content (AvgIpc) is 3.41. The predicted octanol–water partition coefficient (Wildman–Crippen LogP) is 2.50. The van der Waals surface area contributed by atoms with E-state index >= 15 is 0 Å². The van der Waals surface area contributed by atoms with Crippen LogP contribution in [0.25, 0.3) is 33.5 Å². The fraction of sp³-hybridized carbons (Fsp3) is 0.417. The van der Waals surface area contributed by atoms with Gasteiger partial charge < -0.3 is 20.2 Å². The number of amides is 1. The molecule has 0 atom stereocenters. The van der Waals surface area contributed by atoms with Crippen LogP contribution in [0, 0.1) is 6.92 Å². The molecule has 178 valence electrons. The molecular formula is C24H29N7O3. The van der Waals surface area contributed by atoms with Crippen molar-refractivity contribution in [2.45, 2.75) is 26.8 Å². The molecule has 4 heterocycles. The highest BCUT2D eigenvalue weighted by atomic mass is 16.5. The summed E-state index contributed by atoms with van der Waals surface area (Å²) in [5, 5.41) is 6.11. The largest absolute Gasteiger partial charge is 0.491 e. The first-order valence-electron chi connectivity index (χ1n) is 11.6. The van der Waals surface area contributed by atoms with Crippen LogP contribution in [-0.2, 0) is 11.3 Å². The Kier molecular flexibility index (Phi) is 6.16. The lowest BCUT2D eigenvalue weighted by atomic mass is 10.1. The molecule has 0 aliphatic carbocycles. The minimum absolute atomic E-state index is 0.389. The first-order valence-corrected chi connectivity index (χ1v) is 11.6. The van der Waals surface area contributed by atoms with Crippen molar-refractivity contribution in [2.75, 3.05) is 39.5 Å². The minimum Gasteiger partial charge on any atom is -0.491 e. The lowest BCUT2D eigenvalue weighted by Crippen LogP contribution is -2.37. The molecule has 34 heavy (non-hydrogen) atoms. The molecule has 1 aromatic carbocycles. The number of morpholine rings is 1. The van der Waals surface area contributed by atoms with Gasteiger partial charge in [0.15, 0.2) is 5.82 Å². The second kappa shape index (κ2) is 9.40. The summed E-state index contributed by atoms with van der Waals surface area (Å²) in [6.45, 7) is 9.61. The van der Waals surface area contributed by atoms with Crippen molar-refractivity contribution in [1.82, 2.24) is 29.6 Å². The molecule has 3 N–H and O–H groups in total. The number of rotatable bonds is 8. The first-order chi connectivity index (χ1) is 16.5. The summed E-state index contributed by atoms with van der Waals surface area (Å²) in [6, 6.07) is 5.43. The molecule has 1 saturated heterocycles. The van der Waals surface area contributed by atoms with Crippen molar-refractivity contribution in [2.24, 2.45) is 5.73 Å². The molecule has 5 rings (SSSR count). The van der Waals surface area contributed by atoms with Gasteiger partial charge in [0.1, 0.15) is 17.1 Å². The fourth-order valence-corrected chi connectivity index (χ4v) is 4.39. The maximum Gasteiger partial charge on any atom is 0.248 e. The van der Waals surface area contributed by atoms with Crippen LogP contribution in [0.4, 0.5) is 0 Å². The van der Waals surface area contributed by atoms with Crippen molar-refractivity contribution < 1.29 is 14.3 Å². The summed E-state index contributed by atoms with van der Waals surface area (Å²) in [5.41, 5.74) is 9.21. The Labute approximate surface area is 197 Å². The summed E-state index contributed by atoms with van der Waals surface area (Å²) in [5.74, 6) is 0.668. The quantitative estimate of drug-likeness (QED) is 0.385. The van der Waals surface area contributed by atoms with Crippen molar-refractivity contribution in [3.63, 3.8) is 0 Å². The molecule has 0 bridgehead atoms. The number of aromatic nitrogens is 5. The number of aromatic amines is 1. The van der Waals surface area contributed by atoms with Gasteiger partial charge in [-0.2, -0.15) is 5.10 Å². The van der Waals surface area contributed by atoms with Gasteiger partial charge >= 0.3 is 0 Å². The molecule has 1 amide bonds. The van der Waals surface area contributed by atoms with E-state index in [0.29, 0.717) is 29.4 Å². The number of hydrogen-bond acceptors (Lipinski definition) is 7. The third-order valence-electron chi connectivity index (χ3n) is 6.12. The van der Waals surface area contributed by atoms with E-state index in [1.54, 1.807) is 18.3 Å². The zero-order chi connectivity index (χ0) is 23.7. The number of benzene rings is 1. The van der Waals surface area contributed by atoms with Crippen LogP contribution in [0.15, 0.2) is 24.4 Å². The third kappa shape index (κ3) is 4.34. The standard InChI is InChI=1S/C24H29N7O3/c1-3-31-19(11-15(2)29-31)24-26-14-18-17-12-16(22(25)32)13-20(21(17)27-23(18)28-24)34-8-4-5-30-6-9-33-10-7-30/h11-14H,3-10H2,1-2H3,(H2,25,32)(H,26,27,28). The van der Waals surface area contributed by atoms with Gasteiger partial charge in [0.05, 0.1) is 31.0 Å². The second-order valence-electron chi connectivity index (χ2n) is 8.48. The minimum atomic E-state index is -0.505. The van der Waals surface area contributed by atoms with E-state index in [2.05, 4.69) is 20.0 Å².